The van der Waals surface area contributed by atoms with Crippen molar-refractivity contribution in [2.45, 2.75) is 24.8 Å². The maximum Gasteiger partial charge on any atom is 0.166 e. The van der Waals surface area contributed by atoms with Gasteiger partial charge in [-0.15, -0.1) is 0 Å². The number of nitriles is 1. The number of aromatic nitrogens is 2. The van der Waals surface area contributed by atoms with Gasteiger partial charge in [-0.3, -0.25) is 0 Å². The molecule has 2 heterocycles. The van der Waals surface area contributed by atoms with Crippen LogP contribution in [-0.2, 0) is 5.54 Å². The summed E-state index contributed by atoms with van der Waals surface area (Å²) in [5, 5.41) is 10.4. The molecule has 0 bridgehead atoms. The maximum absolute atomic E-state index is 9.48. The SMILES string of the molecule is N#Cc1nccc2cc(-c3ccccc3)c(-c3ccc(C4(N)CCC4)cc3)nc12. The Morgan fingerprint density at radius 1 is 0.931 bits per heavy atom. The zero-order valence-corrected chi connectivity index (χ0v) is 16.0. The Kier molecular flexibility index (Phi) is 4.12. The summed E-state index contributed by atoms with van der Waals surface area (Å²) in [6.07, 6.45) is 4.91. The number of hydrogen-bond donors (Lipinski definition) is 1. The molecule has 1 fully saturated rings. The Bertz CT molecular complexity index is 1230. The lowest BCUT2D eigenvalue weighted by atomic mass is 9.72. The molecule has 0 atom stereocenters. The number of benzene rings is 2. The van der Waals surface area contributed by atoms with Crippen molar-refractivity contribution in [3.05, 3.63) is 84.2 Å². The van der Waals surface area contributed by atoms with Crippen LogP contribution in [0.5, 0.6) is 0 Å². The normalized spacial score (nSPS) is 14.9. The lowest BCUT2D eigenvalue weighted by Gasteiger charge is -2.38. The fourth-order valence-corrected chi connectivity index (χ4v) is 4.04. The molecule has 0 radical (unpaired) electrons. The van der Waals surface area contributed by atoms with Gasteiger partial charge in [0.25, 0.3) is 0 Å². The van der Waals surface area contributed by atoms with E-state index in [-0.39, 0.29) is 5.54 Å². The number of rotatable bonds is 3. The molecule has 140 valence electrons. The third-order valence-corrected chi connectivity index (χ3v) is 5.90. The number of fused-ring (bicyclic) bond motifs is 1. The van der Waals surface area contributed by atoms with Crippen LogP contribution in [0.3, 0.4) is 0 Å². The van der Waals surface area contributed by atoms with Gasteiger partial charge in [-0.2, -0.15) is 5.26 Å². The van der Waals surface area contributed by atoms with Crippen LogP contribution in [0.2, 0.25) is 0 Å². The summed E-state index contributed by atoms with van der Waals surface area (Å²) in [5.74, 6) is 0. The first-order valence-electron chi connectivity index (χ1n) is 9.83. The van der Waals surface area contributed by atoms with E-state index in [1.54, 1.807) is 6.20 Å². The fraction of sp³-hybridized carbons (Fsp3) is 0.160. The van der Waals surface area contributed by atoms with Gasteiger partial charge in [0.15, 0.2) is 5.69 Å². The topological polar surface area (TPSA) is 75.6 Å². The highest BCUT2D eigenvalue weighted by molar-refractivity contribution is 5.93. The molecule has 4 heteroatoms. The lowest BCUT2D eigenvalue weighted by Crippen LogP contribution is -2.43. The molecule has 1 aliphatic rings. The van der Waals surface area contributed by atoms with Crippen LogP contribution in [0.1, 0.15) is 30.5 Å². The average molecular weight is 376 g/mol. The van der Waals surface area contributed by atoms with Crippen molar-refractivity contribution < 1.29 is 0 Å². The molecule has 2 aromatic carbocycles. The van der Waals surface area contributed by atoms with Gasteiger partial charge in [0.2, 0.25) is 0 Å². The minimum Gasteiger partial charge on any atom is -0.321 e. The second-order valence-electron chi connectivity index (χ2n) is 7.68. The van der Waals surface area contributed by atoms with Gasteiger partial charge >= 0.3 is 0 Å². The van der Waals surface area contributed by atoms with Crippen LogP contribution in [-0.4, -0.2) is 9.97 Å². The predicted octanol–water partition coefficient (Wildman–Crippen LogP) is 5.17. The molecule has 2 aromatic heterocycles. The molecular formula is C25H20N4. The van der Waals surface area contributed by atoms with Gasteiger partial charge in [0, 0.05) is 28.2 Å². The van der Waals surface area contributed by atoms with Gasteiger partial charge in [0.1, 0.15) is 11.6 Å². The molecular weight excluding hydrogens is 356 g/mol. The standard InChI is InChI=1S/C25H20N4/c26-16-22-24-19(11-14-28-22)15-21(17-5-2-1-3-6-17)23(29-24)18-7-9-20(10-8-18)25(27)12-4-13-25/h1-3,5-11,14-15H,4,12-13,27H2. The van der Waals surface area contributed by atoms with Gasteiger partial charge in [-0.1, -0.05) is 54.6 Å². The summed E-state index contributed by atoms with van der Waals surface area (Å²) >= 11 is 0. The van der Waals surface area contributed by atoms with Crippen molar-refractivity contribution in [3.63, 3.8) is 0 Å². The van der Waals surface area contributed by atoms with Crippen molar-refractivity contribution in [2.24, 2.45) is 5.73 Å². The maximum atomic E-state index is 9.48. The van der Waals surface area contributed by atoms with Crippen LogP contribution in [0.25, 0.3) is 33.3 Å². The molecule has 4 nitrogen and oxygen atoms in total. The summed E-state index contributed by atoms with van der Waals surface area (Å²) in [6.45, 7) is 0. The largest absolute Gasteiger partial charge is 0.321 e. The van der Waals surface area contributed by atoms with Gasteiger partial charge in [-0.25, -0.2) is 9.97 Å². The van der Waals surface area contributed by atoms with E-state index < -0.39 is 0 Å². The molecule has 5 rings (SSSR count). The molecule has 0 saturated heterocycles. The first-order chi connectivity index (χ1) is 14.2. The fourth-order valence-electron chi connectivity index (χ4n) is 4.04. The zero-order chi connectivity index (χ0) is 19.8. The number of pyridine rings is 2. The van der Waals surface area contributed by atoms with Gasteiger partial charge in [0.05, 0.1) is 5.69 Å². The second-order valence-corrected chi connectivity index (χ2v) is 7.68. The van der Waals surface area contributed by atoms with Crippen molar-refractivity contribution in [3.8, 4) is 28.5 Å². The monoisotopic (exact) mass is 376 g/mol. The molecule has 0 unspecified atom stereocenters. The van der Waals surface area contributed by atoms with Crippen molar-refractivity contribution in [2.75, 3.05) is 0 Å². The van der Waals surface area contributed by atoms with Gasteiger partial charge < -0.3 is 5.73 Å². The summed E-state index contributed by atoms with van der Waals surface area (Å²) in [5.41, 5.74) is 12.4. The summed E-state index contributed by atoms with van der Waals surface area (Å²) in [4.78, 5) is 9.09. The van der Waals surface area contributed by atoms with E-state index >= 15 is 0 Å². The quantitative estimate of drug-likeness (QED) is 0.535. The predicted molar refractivity (Wildman–Crippen MR) is 115 cm³/mol. The highest BCUT2D eigenvalue weighted by atomic mass is 14.8. The Morgan fingerprint density at radius 2 is 1.69 bits per heavy atom. The zero-order valence-electron chi connectivity index (χ0n) is 16.0. The van der Waals surface area contributed by atoms with E-state index in [0.717, 1.165) is 40.6 Å². The average Bonchev–Trinajstić information content (AvgIpc) is 2.77. The molecule has 1 saturated carbocycles. The van der Waals surface area contributed by atoms with Crippen LogP contribution >= 0.6 is 0 Å². The van der Waals surface area contributed by atoms with Crippen LogP contribution in [0.15, 0.2) is 72.9 Å². The molecule has 0 aliphatic heterocycles. The minimum absolute atomic E-state index is 0.185. The lowest BCUT2D eigenvalue weighted by molar-refractivity contribution is 0.253. The highest BCUT2D eigenvalue weighted by Gasteiger charge is 2.34. The Labute approximate surface area is 169 Å². The van der Waals surface area contributed by atoms with E-state index in [4.69, 9.17) is 10.7 Å². The van der Waals surface area contributed by atoms with Crippen molar-refractivity contribution in [1.82, 2.24) is 9.97 Å². The second kappa shape index (κ2) is 6.80. The van der Waals surface area contributed by atoms with Crippen LogP contribution in [0, 0.1) is 11.3 Å². The van der Waals surface area contributed by atoms with Crippen molar-refractivity contribution in [1.29, 1.82) is 5.26 Å². The van der Waals surface area contributed by atoms with E-state index in [2.05, 4.69) is 53.5 Å². The molecule has 1 aliphatic carbocycles. The van der Waals surface area contributed by atoms with E-state index in [1.807, 2.05) is 24.3 Å². The smallest absolute Gasteiger partial charge is 0.166 e. The molecule has 0 spiro atoms. The van der Waals surface area contributed by atoms with Gasteiger partial charge in [-0.05, 0) is 42.5 Å². The Balaban J connectivity index is 1.71. The molecule has 4 aromatic rings. The molecule has 29 heavy (non-hydrogen) atoms. The third kappa shape index (κ3) is 2.97. The number of nitrogens with zero attached hydrogens (tertiary/aromatic N) is 3. The van der Waals surface area contributed by atoms with E-state index in [1.165, 1.54) is 12.0 Å². The van der Waals surface area contributed by atoms with Crippen LogP contribution in [0.4, 0.5) is 0 Å². The van der Waals surface area contributed by atoms with Crippen molar-refractivity contribution >= 4 is 10.9 Å². The summed E-state index contributed by atoms with van der Waals surface area (Å²) < 4.78 is 0. The summed E-state index contributed by atoms with van der Waals surface area (Å²) in [7, 11) is 0. The first-order valence-corrected chi connectivity index (χ1v) is 9.83. The highest BCUT2D eigenvalue weighted by Crippen LogP contribution is 2.40. The molecule has 2 N–H and O–H groups in total. The molecule has 0 amide bonds. The number of nitrogens with two attached hydrogens (primary N) is 1. The first kappa shape index (κ1) is 17.5. The Morgan fingerprint density at radius 3 is 2.34 bits per heavy atom. The number of hydrogen-bond acceptors (Lipinski definition) is 4. The summed E-state index contributed by atoms with van der Waals surface area (Å²) in [6, 6.07) is 24.8. The van der Waals surface area contributed by atoms with E-state index in [0.29, 0.717) is 11.2 Å². The Hall–Kier alpha value is -3.55. The third-order valence-electron chi connectivity index (χ3n) is 5.90. The minimum atomic E-state index is -0.185. The van der Waals surface area contributed by atoms with Crippen LogP contribution < -0.4 is 5.73 Å². The van der Waals surface area contributed by atoms with E-state index in [9.17, 15) is 5.26 Å².